The predicted octanol–water partition coefficient (Wildman–Crippen LogP) is 1.72. The molecule has 0 saturated carbocycles. The third kappa shape index (κ3) is 2.61. The number of aromatic hydroxyl groups is 1. The van der Waals surface area contributed by atoms with Crippen LogP contribution in [-0.2, 0) is 0 Å². The van der Waals surface area contributed by atoms with Crippen LogP contribution in [0, 0.1) is 0 Å². The van der Waals surface area contributed by atoms with E-state index < -0.39 is 0 Å². The molecule has 5 heteroatoms. The molecule has 1 heterocycles. The fourth-order valence-electron chi connectivity index (χ4n) is 1.96. The number of aldehydes is 1. The maximum absolute atomic E-state index is 10.7. The summed E-state index contributed by atoms with van der Waals surface area (Å²) >= 11 is 3.34. The molecule has 0 unspecified atom stereocenters. The lowest BCUT2D eigenvalue weighted by Gasteiger charge is -2.34. The Morgan fingerprint density at radius 1 is 1.29 bits per heavy atom. The molecule has 17 heavy (non-hydrogen) atoms. The Morgan fingerprint density at radius 2 is 1.94 bits per heavy atom. The van der Waals surface area contributed by atoms with Crippen LogP contribution in [0.5, 0.6) is 5.75 Å². The normalized spacial score (nSPS) is 17.2. The summed E-state index contributed by atoms with van der Waals surface area (Å²) in [5, 5.41) is 9.93. The van der Waals surface area contributed by atoms with Crippen LogP contribution in [0.1, 0.15) is 10.4 Å². The van der Waals surface area contributed by atoms with Crippen molar-refractivity contribution >= 4 is 27.9 Å². The summed E-state index contributed by atoms with van der Waals surface area (Å²) in [6, 6.07) is 3.31. The molecular formula is C12H15BrN2O2. The van der Waals surface area contributed by atoms with E-state index in [1.54, 1.807) is 0 Å². The molecule has 1 aromatic rings. The van der Waals surface area contributed by atoms with Crippen LogP contribution in [0.4, 0.5) is 5.69 Å². The van der Waals surface area contributed by atoms with Gasteiger partial charge in [0, 0.05) is 36.2 Å². The van der Waals surface area contributed by atoms with Crippen LogP contribution in [0.3, 0.4) is 0 Å². The molecule has 2 rings (SSSR count). The number of rotatable bonds is 2. The minimum Gasteiger partial charge on any atom is -0.506 e. The highest BCUT2D eigenvalue weighted by Crippen LogP contribution is 2.33. The van der Waals surface area contributed by atoms with Crippen LogP contribution in [-0.4, -0.2) is 49.5 Å². The lowest BCUT2D eigenvalue weighted by Crippen LogP contribution is -2.44. The Balaban J connectivity index is 2.26. The minimum absolute atomic E-state index is 0.167. The molecule has 0 spiro atoms. The number of halogens is 1. The monoisotopic (exact) mass is 298 g/mol. The van der Waals surface area contributed by atoms with Gasteiger partial charge in [-0.05, 0) is 35.1 Å². The summed E-state index contributed by atoms with van der Waals surface area (Å²) < 4.78 is 0.722. The molecule has 1 saturated heterocycles. The minimum atomic E-state index is 0.167. The molecule has 0 aliphatic carbocycles. The molecule has 92 valence electrons. The topological polar surface area (TPSA) is 43.8 Å². The Morgan fingerprint density at radius 3 is 2.53 bits per heavy atom. The highest BCUT2D eigenvalue weighted by molar-refractivity contribution is 9.10. The molecule has 1 aliphatic heterocycles. The lowest BCUT2D eigenvalue weighted by molar-refractivity contribution is 0.112. The Kier molecular flexibility index (Phi) is 3.69. The molecule has 1 N–H and O–H groups in total. The van der Waals surface area contributed by atoms with Crippen molar-refractivity contribution in [3.05, 3.63) is 22.2 Å². The van der Waals surface area contributed by atoms with Gasteiger partial charge in [0.15, 0.2) is 6.29 Å². The predicted molar refractivity (Wildman–Crippen MR) is 70.9 cm³/mol. The number of hydrogen-bond donors (Lipinski definition) is 1. The van der Waals surface area contributed by atoms with Gasteiger partial charge in [-0.15, -0.1) is 0 Å². The summed E-state index contributed by atoms with van der Waals surface area (Å²) in [6.45, 7) is 3.73. The van der Waals surface area contributed by atoms with Crippen molar-refractivity contribution in [2.24, 2.45) is 0 Å². The van der Waals surface area contributed by atoms with Crippen molar-refractivity contribution in [3.8, 4) is 5.75 Å². The molecule has 0 radical (unpaired) electrons. The van der Waals surface area contributed by atoms with E-state index in [0.717, 1.165) is 42.6 Å². The molecule has 4 nitrogen and oxygen atoms in total. The lowest BCUT2D eigenvalue weighted by atomic mass is 10.1. The van der Waals surface area contributed by atoms with Crippen molar-refractivity contribution in [2.45, 2.75) is 0 Å². The van der Waals surface area contributed by atoms with Gasteiger partial charge in [0.25, 0.3) is 0 Å². The highest BCUT2D eigenvalue weighted by Gasteiger charge is 2.18. The molecule has 1 aliphatic rings. The summed E-state index contributed by atoms with van der Waals surface area (Å²) in [7, 11) is 2.09. The van der Waals surface area contributed by atoms with Crippen molar-refractivity contribution in [3.63, 3.8) is 0 Å². The second-order valence-electron chi connectivity index (χ2n) is 4.27. The number of piperazine rings is 1. The van der Waals surface area contributed by atoms with Crippen LogP contribution < -0.4 is 4.90 Å². The molecule has 0 atom stereocenters. The van der Waals surface area contributed by atoms with Gasteiger partial charge < -0.3 is 14.9 Å². The number of benzene rings is 1. The standard InChI is InChI=1S/C12H15BrN2O2/c1-14-2-4-15(5-3-14)11-7-10(13)9(8-16)6-12(11)17/h6-8,17H,2-5H2,1H3. The van der Waals surface area contributed by atoms with Crippen molar-refractivity contribution < 1.29 is 9.90 Å². The maximum atomic E-state index is 10.7. The summed E-state index contributed by atoms with van der Waals surface area (Å²) in [5.41, 5.74) is 1.26. The molecule has 0 amide bonds. The van der Waals surface area contributed by atoms with Gasteiger partial charge in [0.2, 0.25) is 0 Å². The fraction of sp³-hybridized carbons (Fsp3) is 0.417. The Bertz CT molecular complexity index is 429. The highest BCUT2D eigenvalue weighted by atomic mass is 79.9. The number of nitrogens with zero attached hydrogens (tertiary/aromatic N) is 2. The summed E-state index contributed by atoms with van der Waals surface area (Å²) in [5.74, 6) is 0.167. The summed E-state index contributed by atoms with van der Waals surface area (Å²) in [6.07, 6.45) is 0.734. The van der Waals surface area contributed by atoms with Gasteiger partial charge in [-0.3, -0.25) is 4.79 Å². The number of carbonyl (C=O) groups is 1. The van der Waals surface area contributed by atoms with E-state index in [9.17, 15) is 9.90 Å². The third-order valence-electron chi connectivity index (χ3n) is 3.06. The van der Waals surface area contributed by atoms with Gasteiger partial charge >= 0.3 is 0 Å². The molecule has 1 fully saturated rings. The number of phenols is 1. The zero-order valence-corrected chi connectivity index (χ0v) is 11.3. The van der Waals surface area contributed by atoms with Crippen LogP contribution >= 0.6 is 15.9 Å². The first-order chi connectivity index (χ1) is 8.11. The van der Waals surface area contributed by atoms with Gasteiger partial charge in [0.1, 0.15) is 5.75 Å². The van der Waals surface area contributed by atoms with Gasteiger partial charge in [-0.2, -0.15) is 0 Å². The second kappa shape index (κ2) is 5.06. The number of likely N-dealkylation sites (N-methyl/N-ethyl adjacent to an activating group) is 1. The van der Waals surface area contributed by atoms with Crippen molar-refractivity contribution in [1.29, 1.82) is 0 Å². The van der Waals surface area contributed by atoms with Crippen molar-refractivity contribution in [2.75, 3.05) is 38.1 Å². The molecule has 0 aromatic heterocycles. The average molecular weight is 299 g/mol. The van der Waals surface area contributed by atoms with Crippen LogP contribution in [0.2, 0.25) is 0 Å². The quantitative estimate of drug-likeness (QED) is 0.845. The van der Waals surface area contributed by atoms with Gasteiger partial charge in [-0.25, -0.2) is 0 Å². The molecule has 0 bridgehead atoms. The smallest absolute Gasteiger partial charge is 0.151 e. The van der Waals surface area contributed by atoms with E-state index in [1.165, 1.54) is 6.07 Å². The zero-order chi connectivity index (χ0) is 12.4. The van der Waals surface area contributed by atoms with E-state index >= 15 is 0 Å². The van der Waals surface area contributed by atoms with Gasteiger partial charge in [-0.1, -0.05) is 0 Å². The average Bonchev–Trinajstić information content (AvgIpc) is 2.33. The Labute approximate surface area is 109 Å². The summed E-state index contributed by atoms with van der Waals surface area (Å²) in [4.78, 5) is 15.1. The van der Waals surface area contributed by atoms with Crippen LogP contribution in [0.15, 0.2) is 16.6 Å². The first-order valence-corrected chi connectivity index (χ1v) is 6.32. The first-order valence-electron chi connectivity index (χ1n) is 5.53. The Hall–Kier alpha value is -1.07. The van der Waals surface area contributed by atoms with E-state index in [2.05, 4.69) is 32.8 Å². The number of anilines is 1. The SMILES string of the molecule is CN1CCN(c2cc(Br)c(C=O)cc2O)CC1. The van der Waals surface area contributed by atoms with E-state index in [1.807, 2.05) is 6.07 Å². The third-order valence-corrected chi connectivity index (χ3v) is 3.75. The van der Waals surface area contributed by atoms with E-state index in [-0.39, 0.29) is 5.75 Å². The first kappa shape index (κ1) is 12.4. The van der Waals surface area contributed by atoms with E-state index in [0.29, 0.717) is 5.56 Å². The molecular weight excluding hydrogens is 284 g/mol. The second-order valence-corrected chi connectivity index (χ2v) is 5.12. The molecule has 1 aromatic carbocycles. The van der Waals surface area contributed by atoms with Gasteiger partial charge in [0.05, 0.1) is 5.69 Å². The zero-order valence-electron chi connectivity index (χ0n) is 9.69. The number of phenolic OH excluding ortho intramolecular Hbond substituents is 1. The van der Waals surface area contributed by atoms with E-state index in [4.69, 9.17) is 0 Å². The number of carbonyl (C=O) groups excluding carboxylic acids is 1. The largest absolute Gasteiger partial charge is 0.506 e. The maximum Gasteiger partial charge on any atom is 0.151 e. The van der Waals surface area contributed by atoms with Crippen molar-refractivity contribution in [1.82, 2.24) is 4.90 Å². The number of hydrogen-bond acceptors (Lipinski definition) is 4. The van der Waals surface area contributed by atoms with Crippen LogP contribution in [0.25, 0.3) is 0 Å². The fourth-order valence-corrected chi connectivity index (χ4v) is 2.38.